The van der Waals surface area contributed by atoms with Crippen molar-refractivity contribution in [3.05, 3.63) is 0 Å². The molecule has 1 atom stereocenters. The van der Waals surface area contributed by atoms with Crippen molar-refractivity contribution < 1.29 is 18.3 Å². The van der Waals surface area contributed by atoms with Crippen molar-refractivity contribution in [2.75, 3.05) is 12.9 Å². The Morgan fingerprint density at radius 2 is 2.06 bits per heavy atom. The molecule has 2 nitrogen and oxygen atoms in total. The maximum atomic E-state index is 13.1. The summed E-state index contributed by atoms with van der Waals surface area (Å²) in [5.41, 5.74) is 0. The molecule has 16 heavy (non-hydrogen) atoms. The minimum atomic E-state index is -2.55. The van der Waals surface area contributed by atoms with Crippen LogP contribution in [0.1, 0.15) is 39.5 Å². The van der Waals surface area contributed by atoms with Crippen molar-refractivity contribution in [2.24, 2.45) is 0 Å². The van der Waals surface area contributed by atoms with E-state index in [0.29, 0.717) is 18.6 Å². The standard InChI is InChI=1S/C11H20F2O2S/c1-4-6-11(12,13)7-5-8-16-9(2)10(14)15-3/h9H,4-8H2,1-3H3. The second kappa shape index (κ2) is 7.87. The number of thioether (sulfide) groups is 1. The summed E-state index contributed by atoms with van der Waals surface area (Å²) in [7, 11) is 1.33. The Bertz CT molecular complexity index is 210. The van der Waals surface area contributed by atoms with Gasteiger partial charge in [-0.1, -0.05) is 13.3 Å². The molecular weight excluding hydrogens is 234 g/mol. The van der Waals surface area contributed by atoms with Crippen LogP contribution in [-0.2, 0) is 9.53 Å². The Balaban J connectivity index is 3.64. The van der Waals surface area contributed by atoms with Crippen LogP contribution < -0.4 is 0 Å². The molecule has 0 heterocycles. The number of hydrogen-bond acceptors (Lipinski definition) is 3. The minimum absolute atomic E-state index is 0.0514. The van der Waals surface area contributed by atoms with E-state index in [1.165, 1.54) is 18.9 Å². The fraction of sp³-hybridized carbons (Fsp3) is 0.909. The lowest BCUT2D eigenvalue weighted by Gasteiger charge is -2.15. The zero-order valence-electron chi connectivity index (χ0n) is 10.1. The molecule has 0 aromatic carbocycles. The molecule has 0 aliphatic rings. The summed E-state index contributed by atoms with van der Waals surface area (Å²) in [5.74, 6) is -2.29. The van der Waals surface area contributed by atoms with E-state index < -0.39 is 5.92 Å². The highest BCUT2D eigenvalue weighted by atomic mass is 32.2. The van der Waals surface area contributed by atoms with E-state index >= 15 is 0 Å². The van der Waals surface area contributed by atoms with Gasteiger partial charge in [0.1, 0.15) is 0 Å². The number of hydrogen-bond donors (Lipinski definition) is 0. The number of ether oxygens (including phenoxy) is 1. The molecule has 0 spiro atoms. The van der Waals surface area contributed by atoms with Gasteiger partial charge >= 0.3 is 5.97 Å². The van der Waals surface area contributed by atoms with E-state index in [1.54, 1.807) is 13.8 Å². The monoisotopic (exact) mass is 254 g/mol. The molecule has 0 fully saturated rings. The third-order valence-corrected chi connectivity index (χ3v) is 3.42. The first-order valence-electron chi connectivity index (χ1n) is 5.50. The van der Waals surface area contributed by atoms with E-state index in [2.05, 4.69) is 4.74 Å². The molecule has 0 aromatic heterocycles. The minimum Gasteiger partial charge on any atom is -0.468 e. The SMILES string of the molecule is CCCC(F)(F)CCCSC(C)C(=O)OC. The maximum Gasteiger partial charge on any atom is 0.318 e. The van der Waals surface area contributed by atoms with E-state index in [9.17, 15) is 13.6 Å². The normalized spacial score (nSPS) is 13.6. The first-order valence-corrected chi connectivity index (χ1v) is 6.55. The molecule has 0 radical (unpaired) electrons. The molecule has 0 aromatic rings. The Labute approximate surface area is 100 Å². The summed E-state index contributed by atoms with van der Waals surface area (Å²) in [6, 6.07) is 0. The summed E-state index contributed by atoms with van der Waals surface area (Å²) < 4.78 is 30.7. The van der Waals surface area contributed by atoms with Gasteiger partial charge in [0.2, 0.25) is 5.92 Å². The van der Waals surface area contributed by atoms with Gasteiger partial charge < -0.3 is 4.74 Å². The van der Waals surface area contributed by atoms with Gasteiger partial charge in [-0.05, 0) is 19.1 Å². The molecule has 0 saturated carbocycles. The highest BCUT2D eigenvalue weighted by Gasteiger charge is 2.26. The Morgan fingerprint density at radius 3 is 2.56 bits per heavy atom. The van der Waals surface area contributed by atoms with E-state index in [0.717, 1.165) is 0 Å². The van der Waals surface area contributed by atoms with Gasteiger partial charge in [-0.25, -0.2) is 8.78 Å². The van der Waals surface area contributed by atoms with Crippen molar-refractivity contribution in [3.8, 4) is 0 Å². The zero-order valence-corrected chi connectivity index (χ0v) is 10.9. The van der Waals surface area contributed by atoms with Gasteiger partial charge in [-0.15, -0.1) is 11.8 Å². The zero-order chi connectivity index (χ0) is 12.6. The molecule has 0 saturated heterocycles. The average Bonchev–Trinajstić information content (AvgIpc) is 2.22. The van der Waals surface area contributed by atoms with Crippen LogP contribution in [0.2, 0.25) is 0 Å². The molecular formula is C11H20F2O2S. The first-order chi connectivity index (χ1) is 7.43. The Morgan fingerprint density at radius 1 is 1.44 bits per heavy atom. The largest absolute Gasteiger partial charge is 0.468 e. The average molecular weight is 254 g/mol. The van der Waals surface area contributed by atoms with Crippen LogP contribution in [0, 0.1) is 0 Å². The van der Waals surface area contributed by atoms with Crippen LogP contribution in [0.25, 0.3) is 0 Å². The van der Waals surface area contributed by atoms with Crippen molar-refractivity contribution in [1.82, 2.24) is 0 Å². The highest BCUT2D eigenvalue weighted by Crippen LogP contribution is 2.27. The topological polar surface area (TPSA) is 26.3 Å². The predicted molar refractivity (Wildman–Crippen MR) is 63.0 cm³/mol. The second-order valence-electron chi connectivity index (χ2n) is 3.75. The number of alkyl halides is 2. The van der Waals surface area contributed by atoms with Gasteiger partial charge in [0.05, 0.1) is 12.4 Å². The van der Waals surface area contributed by atoms with Gasteiger partial charge in [0.25, 0.3) is 0 Å². The lowest BCUT2D eigenvalue weighted by molar-refractivity contribution is -0.139. The predicted octanol–water partition coefficient (Wildman–Crippen LogP) is 3.50. The summed E-state index contributed by atoms with van der Waals surface area (Å²) in [6.07, 6.45) is 0.781. The number of halogens is 2. The fourth-order valence-electron chi connectivity index (χ4n) is 1.32. The molecule has 96 valence electrons. The van der Waals surface area contributed by atoms with Crippen molar-refractivity contribution in [3.63, 3.8) is 0 Å². The molecule has 0 amide bonds. The molecule has 0 aliphatic carbocycles. The van der Waals surface area contributed by atoms with E-state index in [1.807, 2.05) is 0 Å². The Hall–Kier alpha value is -0.320. The third-order valence-electron chi connectivity index (χ3n) is 2.20. The summed E-state index contributed by atoms with van der Waals surface area (Å²) in [6.45, 7) is 3.47. The van der Waals surface area contributed by atoms with Crippen LogP contribution >= 0.6 is 11.8 Å². The van der Waals surface area contributed by atoms with Gasteiger partial charge in [0, 0.05) is 12.8 Å². The first kappa shape index (κ1) is 15.7. The number of methoxy groups -OCH3 is 1. The lowest BCUT2D eigenvalue weighted by atomic mass is 10.1. The maximum absolute atomic E-state index is 13.1. The molecule has 0 aliphatic heterocycles. The second-order valence-corrected chi connectivity index (χ2v) is 5.19. The van der Waals surface area contributed by atoms with Gasteiger partial charge in [0.15, 0.2) is 0 Å². The van der Waals surface area contributed by atoms with Crippen LogP contribution in [0.4, 0.5) is 8.78 Å². The van der Waals surface area contributed by atoms with Crippen LogP contribution in [-0.4, -0.2) is 30.0 Å². The molecule has 0 rings (SSSR count). The van der Waals surface area contributed by atoms with Crippen molar-refractivity contribution in [1.29, 1.82) is 0 Å². The molecule has 5 heteroatoms. The highest BCUT2D eigenvalue weighted by molar-refractivity contribution is 8.00. The van der Waals surface area contributed by atoms with Crippen molar-refractivity contribution in [2.45, 2.75) is 50.7 Å². The molecule has 1 unspecified atom stereocenters. The van der Waals surface area contributed by atoms with Crippen LogP contribution in [0.5, 0.6) is 0 Å². The van der Waals surface area contributed by atoms with Crippen molar-refractivity contribution >= 4 is 17.7 Å². The number of rotatable bonds is 8. The Kier molecular flexibility index (Phi) is 7.72. The van der Waals surface area contributed by atoms with E-state index in [-0.39, 0.29) is 24.1 Å². The van der Waals surface area contributed by atoms with Gasteiger partial charge in [-0.3, -0.25) is 4.79 Å². The number of esters is 1. The summed E-state index contributed by atoms with van der Waals surface area (Å²) in [5, 5.41) is -0.273. The molecule has 0 N–H and O–H groups in total. The number of carbonyl (C=O) groups is 1. The smallest absolute Gasteiger partial charge is 0.318 e. The molecule has 0 bridgehead atoms. The quantitative estimate of drug-likeness (QED) is 0.490. The third kappa shape index (κ3) is 7.04. The lowest BCUT2D eigenvalue weighted by Crippen LogP contribution is -2.17. The fourth-order valence-corrected chi connectivity index (χ4v) is 2.21. The van der Waals surface area contributed by atoms with Crippen LogP contribution in [0.3, 0.4) is 0 Å². The number of carbonyl (C=O) groups excluding carboxylic acids is 1. The van der Waals surface area contributed by atoms with Crippen LogP contribution in [0.15, 0.2) is 0 Å². The summed E-state index contributed by atoms with van der Waals surface area (Å²) >= 11 is 1.36. The van der Waals surface area contributed by atoms with Gasteiger partial charge in [-0.2, -0.15) is 0 Å². The van der Waals surface area contributed by atoms with E-state index in [4.69, 9.17) is 0 Å². The summed E-state index contributed by atoms with van der Waals surface area (Å²) in [4.78, 5) is 11.0.